The van der Waals surface area contributed by atoms with Gasteiger partial charge in [-0.15, -0.1) is 0 Å². The molecule has 0 aromatic heterocycles. The maximum atomic E-state index is 12.3. The molecule has 2 amide bonds. The fourth-order valence-corrected chi connectivity index (χ4v) is 2.75. The number of rotatable bonds is 5. The highest BCUT2D eigenvalue weighted by atomic mass is 16.3. The van der Waals surface area contributed by atoms with E-state index in [0.717, 1.165) is 18.4 Å². The third-order valence-corrected chi connectivity index (χ3v) is 4.09. The standard InChI is InChI=1S/C16H23N3O3/c1-11(12-2-4-14(20)5-3-12)18-16(22)13-6-8-19(9-7-13)10-15(17)21/h2-5,11,13,20H,6-10H2,1H3,(H2,17,21)(H,18,22)/t11-/m0/s1. The van der Waals surface area contributed by atoms with E-state index in [1.807, 2.05) is 11.8 Å². The highest BCUT2D eigenvalue weighted by molar-refractivity contribution is 5.79. The van der Waals surface area contributed by atoms with Crippen molar-refractivity contribution in [2.24, 2.45) is 11.7 Å². The van der Waals surface area contributed by atoms with Crippen molar-refractivity contribution in [1.29, 1.82) is 0 Å². The van der Waals surface area contributed by atoms with E-state index in [4.69, 9.17) is 5.73 Å². The van der Waals surface area contributed by atoms with Crippen molar-refractivity contribution in [2.75, 3.05) is 19.6 Å². The van der Waals surface area contributed by atoms with Crippen LogP contribution in [-0.4, -0.2) is 41.5 Å². The van der Waals surface area contributed by atoms with Crippen molar-refractivity contribution >= 4 is 11.8 Å². The van der Waals surface area contributed by atoms with Crippen molar-refractivity contribution in [3.05, 3.63) is 29.8 Å². The number of amides is 2. The van der Waals surface area contributed by atoms with Crippen LogP contribution in [0.1, 0.15) is 31.4 Å². The van der Waals surface area contributed by atoms with Gasteiger partial charge in [-0.2, -0.15) is 0 Å². The Bertz CT molecular complexity index is 522. The molecule has 1 saturated heterocycles. The number of phenolic OH excluding ortho intramolecular Hbond substituents is 1. The van der Waals surface area contributed by atoms with E-state index < -0.39 is 0 Å². The zero-order chi connectivity index (χ0) is 16.1. The van der Waals surface area contributed by atoms with Crippen molar-refractivity contribution in [2.45, 2.75) is 25.8 Å². The molecule has 0 saturated carbocycles. The van der Waals surface area contributed by atoms with Crippen molar-refractivity contribution < 1.29 is 14.7 Å². The number of hydrogen-bond donors (Lipinski definition) is 3. The van der Waals surface area contributed by atoms with Gasteiger partial charge < -0.3 is 16.2 Å². The van der Waals surface area contributed by atoms with Crippen LogP contribution in [-0.2, 0) is 9.59 Å². The molecule has 0 radical (unpaired) electrons. The van der Waals surface area contributed by atoms with Crippen LogP contribution >= 0.6 is 0 Å². The Kier molecular flexibility index (Phi) is 5.38. The molecule has 1 fully saturated rings. The molecular formula is C16H23N3O3. The van der Waals surface area contributed by atoms with Crippen LogP contribution in [0.3, 0.4) is 0 Å². The topological polar surface area (TPSA) is 95.7 Å². The number of carbonyl (C=O) groups excluding carboxylic acids is 2. The van der Waals surface area contributed by atoms with E-state index in [0.29, 0.717) is 13.1 Å². The van der Waals surface area contributed by atoms with Gasteiger partial charge in [-0.3, -0.25) is 14.5 Å². The van der Waals surface area contributed by atoms with Crippen LogP contribution in [0.5, 0.6) is 5.75 Å². The summed E-state index contributed by atoms with van der Waals surface area (Å²) in [5, 5.41) is 12.3. The average Bonchev–Trinajstić information content (AvgIpc) is 2.48. The van der Waals surface area contributed by atoms with E-state index in [1.165, 1.54) is 0 Å². The molecule has 22 heavy (non-hydrogen) atoms. The number of primary amides is 1. The average molecular weight is 305 g/mol. The molecule has 2 rings (SSSR count). The summed E-state index contributed by atoms with van der Waals surface area (Å²) in [4.78, 5) is 25.2. The largest absolute Gasteiger partial charge is 0.508 e. The van der Waals surface area contributed by atoms with E-state index in [-0.39, 0.29) is 36.1 Å². The first-order valence-corrected chi connectivity index (χ1v) is 7.55. The van der Waals surface area contributed by atoms with Gasteiger partial charge in [0.05, 0.1) is 12.6 Å². The van der Waals surface area contributed by atoms with Gasteiger partial charge in [0.15, 0.2) is 0 Å². The zero-order valence-electron chi connectivity index (χ0n) is 12.8. The molecule has 0 unspecified atom stereocenters. The number of hydrogen-bond acceptors (Lipinski definition) is 4. The van der Waals surface area contributed by atoms with Crippen molar-refractivity contribution in [3.8, 4) is 5.75 Å². The second kappa shape index (κ2) is 7.26. The molecule has 1 aliphatic heterocycles. The number of phenols is 1. The van der Waals surface area contributed by atoms with Gasteiger partial charge in [0, 0.05) is 5.92 Å². The molecule has 120 valence electrons. The van der Waals surface area contributed by atoms with Gasteiger partial charge in [-0.1, -0.05) is 12.1 Å². The third-order valence-electron chi connectivity index (χ3n) is 4.09. The maximum Gasteiger partial charge on any atom is 0.231 e. The summed E-state index contributed by atoms with van der Waals surface area (Å²) in [5.41, 5.74) is 6.14. The molecule has 1 aliphatic rings. The summed E-state index contributed by atoms with van der Waals surface area (Å²) in [7, 11) is 0. The smallest absolute Gasteiger partial charge is 0.231 e. The van der Waals surface area contributed by atoms with E-state index in [2.05, 4.69) is 5.32 Å². The SMILES string of the molecule is C[C@H](NC(=O)C1CCN(CC(N)=O)CC1)c1ccc(O)cc1. The fourth-order valence-electron chi connectivity index (χ4n) is 2.75. The summed E-state index contributed by atoms with van der Waals surface area (Å²) in [5.74, 6) is -0.101. The molecule has 1 aromatic rings. The van der Waals surface area contributed by atoms with E-state index >= 15 is 0 Å². The number of nitrogens with two attached hydrogens (primary N) is 1. The third kappa shape index (κ3) is 4.46. The van der Waals surface area contributed by atoms with Crippen LogP contribution in [0.2, 0.25) is 0 Å². The van der Waals surface area contributed by atoms with Crippen LogP contribution in [0, 0.1) is 5.92 Å². The molecule has 0 aliphatic carbocycles. The first kappa shape index (κ1) is 16.3. The predicted molar refractivity (Wildman–Crippen MR) is 83.0 cm³/mol. The molecule has 0 spiro atoms. The first-order valence-electron chi connectivity index (χ1n) is 7.55. The Morgan fingerprint density at radius 3 is 2.45 bits per heavy atom. The molecule has 6 heteroatoms. The van der Waals surface area contributed by atoms with Crippen molar-refractivity contribution in [3.63, 3.8) is 0 Å². The lowest BCUT2D eigenvalue weighted by atomic mass is 9.95. The minimum atomic E-state index is -0.330. The molecule has 1 heterocycles. The Morgan fingerprint density at radius 1 is 1.32 bits per heavy atom. The quantitative estimate of drug-likeness (QED) is 0.748. The van der Waals surface area contributed by atoms with E-state index in [1.54, 1.807) is 24.3 Å². The van der Waals surface area contributed by atoms with Gasteiger partial charge in [-0.25, -0.2) is 0 Å². The number of likely N-dealkylation sites (tertiary alicyclic amines) is 1. The molecule has 1 aromatic carbocycles. The Labute approximate surface area is 130 Å². The van der Waals surface area contributed by atoms with Crippen molar-refractivity contribution in [1.82, 2.24) is 10.2 Å². The minimum Gasteiger partial charge on any atom is -0.508 e. The van der Waals surface area contributed by atoms with Crippen LogP contribution < -0.4 is 11.1 Å². The Hall–Kier alpha value is -2.08. The van der Waals surface area contributed by atoms with Gasteiger partial charge in [0.25, 0.3) is 0 Å². The Morgan fingerprint density at radius 2 is 1.91 bits per heavy atom. The minimum absolute atomic E-state index is 0.0244. The Balaban J connectivity index is 1.83. The highest BCUT2D eigenvalue weighted by Crippen LogP contribution is 2.20. The number of piperidine rings is 1. The highest BCUT2D eigenvalue weighted by Gasteiger charge is 2.26. The first-order chi connectivity index (χ1) is 10.5. The van der Waals surface area contributed by atoms with Gasteiger partial charge in [0.1, 0.15) is 5.75 Å². The molecular weight excluding hydrogens is 282 g/mol. The molecule has 6 nitrogen and oxygen atoms in total. The lowest BCUT2D eigenvalue weighted by Crippen LogP contribution is -2.43. The lowest BCUT2D eigenvalue weighted by Gasteiger charge is -2.31. The number of carbonyl (C=O) groups is 2. The lowest BCUT2D eigenvalue weighted by molar-refractivity contribution is -0.127. The van der Waals surface area contributed by atoms with Gasteiger partial charge >= 0.3 is 0 Å². The number of benzene rings is 1. The summed E-state index contributed by atoms with van der Waals surface area (Å²) >= 11 is 0. The maximum absolute atomic E-state index is 12.3. The van der Waals surface area contributed by atoms with Crippen LogP contribution in [0.4, 0.5) is 0 Å². The van der Waals surface area contributed by atoms with Gasteiger partial charge in [0.2, 0.25) is 11.8 Å². The normalized spacial score (nSPS) is 17.9. The predicted octanol–water partition coefficient (Wildman–Crippen LogP) is 0.767. The van der Waals surface area contributed by atoms with Crippen LogP contribution in [0.15, 0.2) is 24.3 Å². The fraction of sp³-hybridized carbons (Fsp3) is 0.500. The summed E-state index contributed by atoms with van der Waals surface area (Å²) < 4.78 is 0. The second-order valence-corrected chi connectivity index (χ2v) is 5.84. The monoisotopic (exact) mass is 305 g/mol. The second-order valence-electron chi connectivity index (χ2n) is 5.84. The number of nitrogens with zero attached hydrogens (tertiary/aromatic N) is 1. The van der Waals surface area contributed by atoms with Crippen LogP contribution in [0.25, 0.3) is 0 Å². The summed E-state index contributed by atoms with van der Waals surface area (Å²) in [6.45, 7) is 3.62. The van der Waals surface area contributed by atoms with Gasteiger partial charge in [-0.05, 0) is 50.6 Å². The molecule has 0 bridgehead atoms. The zero-order valence-corrected chi connectivity index (χ0v) is 12.8. The summed E-state index contributed by atoms with van der Waals surface area (Å²) in [6, 6.07) is 6.73. The summed E-state index contributed by atoms with van der Waals surface area (Å²) in [6.07, 6.45) is 1.48. The molecule has 4 N–H and O–H groups in total. The van der Waals surface area contributed by atoms with E-state index in [9.17, 15) is 14.7 Å². The molecule has 1 atom stereocenters. The number of aromatic hydroxyl groups is 1. The number of nitrogens with one attached hydrogen (secondary N) is 1.